The normalized spacial score (nSPS) is 16.6. The largest absolute Gasteiger partial charge is 0.363 e. The topological polar surface area (TPSA) is 131 Å². The first-order valence-electron chi connectivity index (χ1n) is 8.79. The molecule has 3 N–H and O–H groups in total. The Kier molecular flexibility index (Phi) is 6.05. The van der Waals surface area contributed by atoms with Gasteiger partial charge in [0.25, 0.3) is 5.91 Å². The van der Waals surface area contributed by atoms with Gasteiger partial charge in [-0.15, -0.1) is 0 Å². The molecular formula is C19H20N6O3. The van der Waals surface area contributed by atoms with Crippen molar-refractivity contribution >= 4 is 29.9 Å². The first kappa shape index (κ1) is 19.2. The number of anilines is 1. The number of hydrogen-bond acceptors (Lipinski definition) is 7. The third kappa shape index (κ3) is 4.56. The molecular weight excluding hydrogens is 360 g/mol. The van der Waals surface area contributed by atoms with Gasteiger partial charge in [0.05, 0.1) is 18.9 Å². The molecule has 2 aromatic rings. The number of hydrogen-bond donors (Lipinski definition) is 2. The van der Waals surface area contributed by atoms with Crippen LogP contribution < -0.4 is 16.0 Å². The van der Waals surface area contributed by atoms with Crippen LogP contribution in [0.4, 0.5) is 5.95 Å². The van der Waals surface area contributed by atoms with E-state index in [0.717, 1.165) is 5.56 Å². The summed E-state index contributed by atoms with van der Waals surface area (Å²) in [6.45, 7) is 0.195. The quantitative estimate of drug-likeness (QED) is 0.613. The highest BCUT2D eigenvalue weighted by atomic mass is 16.2. The van der Waals surface area contributed by atoms with Gasteiger partial charge in [0.1, 0.15) is 6.04 Å². The number of aliphatic imine (C=N–C) groups is 1. The fourth-order valence-electron chi connectivity index (χ4n) is 2.89. The number of benzene rings is 1. The van der Waals surface area contributed by atoms with Gasteiger partial charge < -0.3 is 11.1 Å². The summed E-state index contributed by atoms with van der Waals surface area (Å²) >= 11 is 0. The van der Waals surface area contributed by atoms with E-state index in [0.29, 0.717) is 12.4 Å². The summed E-state index contributed by atoms with van der Waals surface area (Å²) in [5, 5.41) is 2.64. The van der Waals surface area contributed by atoms with Crippen molar-refractivity contribution in [2.24, 2.45) is 10.7 Å². The van der Waals surface area contributed by atoms with Crippen molar-refractivity contribution in [1.82, 2.24) is 15.3 Å². The molecule has 0 saturated heterocycles. The second kappa shape index (κ2) is 8.85. The minimum absolute atomic E-state index is 0.195. The minimum Gasteiger partial charge on any atom is -0.363 e. The van der Waals surface area contributed by atoms with Crippen LogP contribution in [0.2, 0.25) is 0 Å². The van der Waals surface area contributed by atoms with Gasteiger partial charge in [0.2, 0.25) is 17.6 Å². The van der Waals surface area contributed by atoms with Crippen molar-refractivity contribution in [2.45, 2.75) is 24.9 Å². The lowest BCUT2D eigenvalue weighted by Crippen LogP contribution is -2.53. The van der Waals surface area contributed by atoms with Gasteiger partial charge in [-0.3, -0.25) is 24.3 Å². The number of carbonyl (C=O) groups is 3. The van der Waals surface area contributed by atoms with Gasteiger partial charge in [0.15, 0.2) is 0 Å². The number of nitrogens with zero attached hydrogens (tertiary/aromatic N) is 4. The predicted molar refractivity (Wildman–Crippen MR) is 103 cm³/mol. The Bertz CT molecular complexity index is 872. The van der Waals surface area contributed by atoms with E-state index in [1.165, 1.54) is 11.2 Å². The third-order valence-electron chi connectivity index (χ3n) is 4.35. The lowest BCUT2D eigenvalue weighted by atomic mass is 10.0. The molecule has 1 aromatic carbocycles. The molecule has 1 aliphatic heterocycles. The van der Waals surface area contributed by atoms with Crippen molar-refractivity contribution < 1.29 is 14.4 Å². The van der Waals surface area contributed by atoms with Crippen molar-refractivity contribution in [2.75, 3.05) is 11.4 Å². The number of carbonyl (C=O) groups excluding carboxylic acids is 3. The van der Waals surface area contributed by atoms with E-state index in [1.54, 1.807) is 18.5 Å². The van der Waals surface area contributed by atoms with Crippen LogP contribution in [0.3, 0.4) is 0 Å². The highest BCUT2D eigenvalue weighted by Crippen LogP contribution is 2.14. The molecule has 9 heteroatoms. The van der Waals surface area contributed by atoms with E-state index in [1.807, 2.05) is 30.3 Å². The second-order valence-electron chi connectivity index (χ2n) is 6.27. The number of aromatic nitrogens is 2. The van der Waals surface area contributed by atoms with E-state index >= 15 is 0 Å². The number of aryl methyl sites for hydroxylation is 1. The summed E-state index contributed by atoms with van der Waals surface area (Å²) in [6.07, 6.45) is 5.37. The number of primary amides is 1. The molecule has 0 aliphatic carbocycles. The van der Waals surface area contributed by atoms with Crippen LogP contribution >= 0.6 is 0 Å². The van der Waals surface area contributed by atoms with Crippen LogP contribution in [0.1, 0.15) is 12.0 Å². The molecule has 2 unspecified atom stereocenters. The zero-order chi connectivity index (χ0) is 19.9. The van der Waals surface area contributed by atoms with E-state index in [4.69, 9.17) is 5.73 Å². The minimum atomic E-state index is -1.08. The Morgan fingerprint density at radius 1 is 1.14 bits per heavy atom. The number of Topliss-reactive ketones (excluding diaryl/α,β-unsaturated/α-hetero) is 1. The molecule has 28 heavy (non-hydrogen) atoms. The summed E-state index contributed by atoms with van der Waals surface area (Å²) < 4.78 is 0. The molecule has 144 valence electrons. The van der Waals surface area contributed by atoms with Crippen molar-refractivity contribution in [1.29, 1.82) is 0 Å². The standard InChI is InChI=1S/C19H20N6O3/c20-17(27)16(26)14(8-7-13-5-2-1-3-6-13)24-18(28)15-11-21-12-25(15)19-22-9-4-10-23-19/h1-6,9-10,12,14-15H,7-8,11H2,(H2,20,27)(H,24,28). The maximum atomic E-state index is 12.8. The smallest absolute Gasteiger partial charge is 0.287 e. The van der Waals surface area contributed by atoms with Crippen molar-refractivity contribution in [3.63, 3.8) is 0 Å². The lowest BCUT2D eigenvalue weighted by molar-refractivity contribution is -0.138. The molecule has 0 fully saturated rings. The molecule has 1 aliphatic rings. The van der Waals surface area contributed by atoms with Gasteiger partial charge in [-0.05, 0) is 24.5 Å². The fourth-order valence-corrected chi connectivity index (χ4v) is 2.89. The van der Waals surface area contributed by atoms with Gasteiger partial charge in [-0.1, -0.05) is 30.3 Å². The monoisotopic (exact) mass is 380 g/mol. The summed E-state index contributed by atoms with van der Waals surface area (Å²) in [7, 11) is 0. The van der Waals surface area contributed by atoms with Gasteiger partial charge in [-0.25, -0.2) is 9.97 Å². The number of ketones is 1. The zero-order valence-electron chi connectivity index (χ0n) is 15.1. The van der Waals surface area contributed by atoms with Crippen LogP contribution in [0.15, 0.2) is 53.8 Å². The Hall–Kier alpha value is -3.62. The van der Waals surface area contributed by atoms with Gasteiger partial charge in [0, 0.05) is 12.4 Å². The molecule has 0 radical (unpaired) electrons. The Labute approximate surface area is 161 Å². The Balaban J connectivity index is 1.69. The van der Waals surface area contributed by atoms with Crippen LogP contribution in [-0.2, 0) is 20.8 Å². The summed E-state index contributed by atoms with van der Waals surface area (Å²) in [5.74, 6) is -2.03. The first-order valence-corrected chi connectivity index (χ1v) is 8.79. The SMILES string of the molecule is NC(=O)C(=O)C(CCc1ccccc1)NC(=O)C1CN=CN1c1ncccn1. The third-order valence-corrected chi connectivity index (χ3v) is 4.35. The number of nitrogens with two attached hydrogens (primary N) is 1. The average Bonchev–Trinajstić information content (AvgIpc) is 3.22. The first-order chi connectivity index (χ1) is 13.6. The highest BCUT2D eigenvalue weighted by Gasteiger charge is 2.33. The van der Waals surface area contributed by atoms with Crippen molar-refractivity contribution in [3.05, 3.63) is 54.4 Å². The molecule has 2 atom stereocenters. The van der Waals surface area contributed by atoms with Crippen LogP contribution in [0.5, 0.6) is 0 Å². The molecule has 9 nitrogen and oxygen atoms in total. The maximum Gasteiger partial charge on any atom is 0.287 e. The van der Waals surface area contributed by atoms with E-state index in [2.05, 4.69) is 20.3 Å². The Morgan fingerprint density at radius 3 is 2.54 bits per heavy atom. The zero-order valence-corrected chi connectivity index (χ0v) is 15.1. The lowest BCUT2D eigenvalue weighted by Gasteiger charge is -2.24. The predicted octanol–water partition coefficient (Wildman–Crippen LogP) is -0.134. The highest BCUT2D eigenvalue weighted by molar-refractivity contribution is 6.37. The average molecular weight is 380 g/mol. The van der Waals surface area contributed by atoms with Crippen LogP contribution in [0.25, 0.3) is 0 Å². The maximum absolute atomic E-state index is 12.8. The second-order valence-corrected chi connectivity index (χ2v) is 6.27. The van der Waals surface area contributed by atoms with Crippen LogP contribution in [0, 0.1) is 0 Å². The van der Waals surface area contributed by atoms with E-state index in [-0.39, 0.29) is 13.0 Å². The van der Waals surface area contributed by atoms with Crippen molar-refractivity contribution in [3.8, 4) is 0 Å². The molecule has 0 spiro atoms. The molecule has 2 heterocycles. The molecule has 1 aromatic heterocycles. The molecule has 0 saturated carbocycles. The summed E-state index contributed by atoms with van der Waals surface area (Å²) in [5.41, 5.74) is 6.15. The van der Waals surface area contributed by atoms with E-state index in [9.17, 15) is 14.4 Å². The molecule has 2 amide bonds. The number of rotatable bonds is 8. The molecule has 3 rings (SSSR count). The fraction of sp³-hybridized carbons (Fsp3) is 0.263. The Morgan fingerprint density at radius 2 is 1.86 bits per heavy atom. The summed E-state index contributed by atoms with van der Waals surface area (Å²) in [6, 6.07) is 9.42. The number of nitrogens with one attached hydrogen (secondary N) is 1. The summed E-state index contributed by atoms with van der Waals surface area (Å²) in [4.78, 5) is 50.3. The van der Waals surface area contributed by atoms with Gasteiger partial charge in [-0.2, -0.15) is 0 Å². The molecule has 0 bridgehead atoms. The van der Waals surface area contributed by atoms with Crippen LogP contribution in [-0.4, -0.2) is 52.5 Å². The van der Waals surface area contributed by atoms with Gasteiger partial charge >= 0.3 is 0 Å². The van der Waals surface area contributed by atoms with E-state index < -0.39 is 29.7 Å². The number of amides is 2.